The minimum atomic E-state index is 0. The summed E-state index contributed by atoms with van der Waals surface area (Å²) in [6.07, 6.45) is 0.773. The Morgan fingerprint density at radius 2 is 1.74 bits per heavy atom. The number of benzene rings is 1. The summed E-state index contributed by atoms with van der Waals surface area (Å²) >= 11 is 3.31. The molecule has 0 spiro atoms. The van der Waals surface area contributed by atoms with E-state index in [0.29, 0.717) is 0 Å². The summed E-state index contributed by atoms with van der Waals surface area (Å²) < 4.78 is 10.7. The molecule has 0 saturated carbocycles. The highest BCUT2D eigenvalue weighted by Gasteiger charge is 2.12. The average Bonchev–Trinajstić information content (AvgIpc) is 3.16. The third-order valence-electron chi connectivity index (χ3n) is 3.20. The van der Waals surface area contributed by atoms with Gasteiger partial charge in [0, 0.05) is 22.0 Å². The average molecular weight is 369 g/mol. The van der Waals surface area contributed by atoms with Gasteiger partial charge in [0.25, 0.3) is 0 Å². The van der Waals surface area contributed by atoms with Crippen molar-refractivity contribution < 1.29 is 9.47 Å². The molecule has 4 nitrogen and oxygen atoms in total. The van der Waals surface area contributed by atoms with Crippen LogP contribution in [0.1, 0.15) is 15.7 Å². The monoisotopic (exact) mass is 368 g/mol. The number of thiazole rings is 2. The van der Waals surface area contributed by atoms with Crippen molar-refractivity contribution in [2.45, 2.75) is 13.3 Å². The lowest BCUT2D eigenvalue weighted by atomic mass is 10.1. The zero-order chi connectivity index (χ0) is 15.5. The SMILES string of the molecule is COc1ccc(OC)c(-c2csc(Cc3nc(C)cs3)n2)c1.Cl. The van der Waals surface area contributed by atoms with E-state index < -0.39 is 0 Å². The first-order chi connectivity index (χ1) is 10.7. The Balaban J connectivity index is 0.00000192. The lowest BCUT2D eigenvalue weighted by Gasteiger charge is -2.08. The van der Waals surface area contributed by atoms with Crippen molar-refractivity contribution >= 4 is 35.1 Å². The predicted octanol–water partition coefficient (Wildman–Crippen LogP) is 4.60. The second-order valence-electron chi connectivity index (χ2n) is 4.75. The normalized spacial score (nSPS) is 10.2. The maximum Gasteiger partial charge on any atom is 0.128 e. The van der Waals surface area contributed by atoms with Crippen molar-refractivity contribution in [3.63, 3.8) is 0 Å². The Labute approximate surface area is 149 Å². The predicted molar refractivity (Wildman–Crippen MR) is 97.6 cm³/mol. The number of halogens is 1. The number of ether oxygens (including phenoxy) is 2. The summed E-state index contributed by atoms with van der Waals surface area (Å²) in [5, 5.41) is 6.26. The maximum atomic E-state index is 5.43. The van der Waals surface area contributed by atoms with Crippen molar-refractivity contribution in [2.75, 3.05) is 14.2 Å². The van der Waals surface area contributed by atoms with Crippen LogP contribution in [0.5, 0.6) is 11.5 Å². The standard InChI is InChI=1S/C16H16N2O2S2.ClH/c1-10-8-21-15(17-10)7-16-18-13(9-22-16)12-6-11(19-2)4-5-14(12)20-3;/h4-6,8-9H,7H2,1-3H3;1H. The van der Waals surface area contributed by atoms with Gasteiger partial charge in [0.15, 0.2) is 0 Å². The van der Waals surface area contributed by atoms with Crippen LogP contribution in [0, 0.1) is 6.92 Å². The fourth-order valence-corrected chi connectivity index (χ4v) is 3.81. The van der Waals surface area contributed by atoms with Crippen molar-refractivity contribution in [3.8, 4) is 22.8 Å². The van der Waals surface area contributed by atoms with Crippen LogP contribution >= 0.6 is 35.1 Å². The van der Waals surface area contributed by atoms with E-state index in [-0.39, 0.29) is 12.4 Å². The van der Waals surface area contributed by atoms with Crippen LogP contribution in [0.4, 0.5) is 0 Å². The first kappa shape index (κ1) is 17.7. The number of aryl methyl sites for hydroxylation is 1. The van der Waals surface area contributed by atoms with Gasteiger partial charge in [-0.2, -0.15) is 0 Å². The van der Waals surface area contributed by atoms with Crippen LogP contribution in [0.3, 0.4) is 0 Å². The zero-order valence-corrected chi connectivity index (χ0v) is 15.5. The van der Waals surface area contributed by atoms with Crippen LogP contribution in [-0.4, -0.2) is 24.2 Å². The third-order valence-corrected chi connectivity index (χ3v) is 5.02. The molecule has 7 heteroatoms. The lowest BCUT2D eigenvalue weighted by Crippen LogP contribution is -1.91. The molecule has 2 heterocycles. The molecule has 0 unspecified atom stereocenters. The Bertz CT molecular complexity index is 786. The van der Waals surface area contributed by atoms with E-state index in [0.717, 1.165) is 44.9 Å². The lowest BCUT2D eigenvalue weighted by molar-refractivity contribution is 0.404. The van der Waals surface area contributed by atoms with Crippen molar-refractivity contribution in [1.29, 1.82) is 0 Å². The smallest absolute Gasteiger partial charge is 0.128 e. The van der Waals surface area contributed by atoms with Gasteiger partial charge < -0.3 is 9.47 Å². The number of hydrogen-bond acceptors (Lipinski definition) is 6. The summed E-state index contributed by atoms with van der Waals surface area (Å²) in [4.78, 5) is 9.21. The second-order valence-corrected chi connectivity index (χ2v) is 6.64. The van der Waals surface area contributed by atoms with Crippen LogP contribution < -0.4 is 9.47 Å². The van der Waals surface area contributed by atoms with E-state index in [1.165, 1.54) is 0 Å². The van der Waals surface area contributed by atoms with E-state index >= 15 is 0 Å². The molecule has 122 valence electrons. The summed E-state index contributed by atoms with van der Waals surface area (Å²) in [6.45, 7) is 2.01. The third kappa shape index (κ3) is 4.02. The van der Waals surface area contributed by atoms with Crippen LogP contribution in [0.25, 0.3) is 11.3 Å². The van der Waals surface area contributed by atoms with Crippen LogP contribution in [-0.2, 0) is 6.42 Å². The van der Waals surface area contributed by atoms with E-state index in [1.54, 1.807) is 36.9 Å². The molecule has 3 aromatic rings. The molecule has 0 aliphatic heterocycles. The molecule has 0 aliphatic carbocycles. The highest BCUT2D eigenvalue weighted by Crippen LogP contribution is 2.34. The van der Waals surface area contributed by atoms with E-state index in [4.69, 9.17) is 14.5 Å². The highest BCUT2D eigenvalue weighted by atomic mass is 35.5. The molecule has 2 aromatic heterocycles. The number of aromatic nitrogens is 2. The zero-order valence-electron chi connectivity index (χ0n) is 13.0. The van der Waals surface area contributed by atoms with Gasteiger partial charge in [0.1, 0.15) is 16.5 Å². The summed E-state index contributed by atoms with van der Waals surface area (Å²) in [6, 6.07) is 5.73. The summed E-state index contributed by atoms with van der Waals surface area (Å²) in [5.74, 6) is 1.59. The Morgan fingerprint density at radius 1 is 1.00 bits per heavy atom. The summed E-state index contributed by atoms with van der Waals surface area (Å²) in [5.41, 5.74) is 2.91. The van der Waals surface area contributed by atoms with Gasteiger partial charge in [0.2, 0.25) is 0 Å². The quantitative estimate of drug-likeness (QED) is 0.659. The number of methoxy groups -OCH3 is 2. The molecule has 0 atom stereocenters. The fraction of sp³-hybridized carbons (Fsp3) is 0.250. The molecule has 0 fully saturated rings. The molecule has 0 bridgehead atoms. The first-order valence-electron chi connectivity index (χ1n) is 6.77. The Hall–Kier alpha value is -1.63. The topological polar surface area (TPSA) is 44.2 Å². The molecule has 23 heavy (non-hydrogen) atoms. The van der Waals surface area contributed by atoms with E-state index in [9.17, 15) is 0 Å². The van der Waals surface area contributed by atoms with Crippen LogP contribution in [0.15, 0.2) is 29.0 Å². The number of nitrogens with zero attached hydrogens (tertiary/aromatic N) is 2. The molecule has 1 aromatic carbocycles. The highest BCUT2D eigenvalue weighted by molar-refractivity contribution is 7.11. The van der Waals surface area contributed by atoms with Crippen molar-refractivity contribution in [1.82, 2.24) is 9.97 Å². The summed E-state index contributed by atoms with van der Waals surface area (Å²) in [7, 11) is 3.32. The van der Waals surface area contributed by atoms with Gasteiger partial charge in [-0.05, 0) is 25.1 Å². The van der Waals surface area contributed by atoms with Crippen molar-refractivity contribution in [3.05, 3.63) is 44.7 Å². The van der Waals surface area contributed by atoms with Gasteiger partial charge in [-0.15, -0.1) is 35.1 Å². The minimum Gasteiger partial charge on any atom is -0.497 e. The molecule has 0 N–H and O–H groups in total. The molecule has 0 amide bonds. The maximum absolute atomic E-state index is 5.43. The minimum absolute atomic E-state index is 0. The Kier molecular flexibility index (Phi) is 5.98. The molecule has 3 rings (SSSR count). The molecule has 0 aliphatic rings. The number of rotatable bonds is 5. The van der Waals surface area contributed by atoms with Gasteiger partial charge >= 0.3 is 0 Å². The first-order valence-corrected chi connectivity index (χ1v) is 8.53. The van der Waals surface area contributed by atoms with Gasteiger partial charge in [-0.3, -0.25) is 0 Å². The van der Waals surface area contributed by atoms with E-state index in [1.807, 2.05) is 30.5 Å². The van der Waals surface area contributed by atoms with Gasteiger partial charge in [0.05, 0.1) is 31.3 Å². The van der Waals surface area contributed by atoms with Crippen molar-refractivity contribution in [2.24, 2.45) is 0 Å². The molecular formula is C16H17ClN2O2S2. The molecular weight excluding hydrogens is 352 g/mol. The largest absolute Gasteiger partial charge is 0.497 e. The van der Waals surface area contributed by atoms with E-state index in [2.05, 4.69) is 10.4 Å². The van der Waals surface area contributed by atoms with Gasteiger partial charge in [-0.1, -0.05) is 0 Å². The number of hydrogen-bond donors (Lipinski definition) is 0. The molecule has 0 radical (unpaired) electrons. The van der Waals surface area contributed by atoms with Crippen LogP contribution in [0.2, 0.25) is 0 Å². The molecule has 0 saturated heterocycles. The fourth-order valence-electron chi connectivity index (χ4n) is 2.14. The second kappa shape index (κ2) is 7.77. The van der Waals surface area contributed by atoms with Gasteiger partial charge in [-0.25, -0.2) is 9.97 Å². The Morgan fingerprint density at radius 3 is 2.39 bits per heavy atom.